The highest BCUT2D eigenvalue weighted by Gasteiger charge is 2.17. The molecule has 1 amide bonds. The smallest absolute Gasteiger partial charge is 0.262 e. The molecule has 0 bridgehead atoms. The minimum atomic E-state index is -0.190. The van der Waals surface area contributed by atoms with E-state index in [0.717, 1.165) is 26.1 Å². The number of quaternary nitrogens is 1. The van der Waals surface area contributed by atoms with E-state index in [1.807, 2.05) is 0 Å². The van der Waals surface area contributed by atoms with E-state index in [1.54, 1.807) is 12.1 Å². The molecule has 9 heteroatoms. The second kappa shape index (κ2) is 9.89. The Balaban J connectivity index is 1.54. The number of nitrogens with one attached hydrogen (secondary N) is 3. The number of ether oxygens (including phenoxy) is 2. The molecule has 0 atom stereocenters. The van der Waals surface area contributed by atoms with Crippen molar-refractivity contribution in [2.24, 2.45) is 0 Å². The Kier molecular flexibility index (Phi) is 7.27. The highest BCUT2D eigenvalue weighted by atomic mass is 32.1. The maximum absolute atomic E-state index is 12.8. The number of fused-ring (bicyclic) bond motifs is 2. The second-order valence-corrected chi connectivity index (χ2v) is 7.54. The van der Waals surface area contributed by atoms with Gasteiger partial charge in [0, 0.05) is 32.0 Å². The standard InChI is InChI=1S/C20H28N4O4S/c1-3-23(4-2)9-6-8-21-18(25)7-5-10-24-19(26)14-11-16-17(28-13-27-16)12-15(14)22-20(24)29/h11-12H,3-10,13H2,1-2H3,(H,21,25)(H,22,29)/p+1. The Morgan fingerprint density at radius 3 is 2.69 bits per heavy atom. The number of carbonyl (C=O) groups excluding carboxylic acids is 1. The molecule has 0 saturated carbocycles. The number of H-pyrrole nitrogens is 1. The molecule has 1 aliphatic rings. The van der Waals surface area contributed by atoms with E-state index in [-0.39, 0.29) is 18.3 Å². The van der Waals surface area contributed by atoms with Crippen LogP contribution in [0.4, 0.5) is 0 Å². The summed E-state index contributed by atoms with van der Waals surface area (Å²) < 4.78 is 12.5. The Labute approximate surface area is 174 Å². The minimum Gasteiger partial charge on any atom is -0.454 e. The van der Waals surface area contributed by atoms with E-state index in [9.17, 15) is 9.59 Å². The van der Waals surface area contributed by atoms with Crippen LogP contribution in [-0.2, 0) is 11.3 Å². The molecule has 0 aliphatic carbocycles. The number of rotatable bonds is 10. The first kappa shape index (κ1) is 21.3. The molecule has 0 saturated heterocycles. The zero-order valence-electron chi connectivity index (χ0n) is 17.0. The number of hydrogen-bond acceptors (Lipinski definition) is 5. The van der Waals surface area contributed by atoms with E-state index < -0.39 is 0 Å². The summed E-state index contributed by atoms with van der Waals surface area (Å²) in [6, 6.07) is 3.40. The van der Waals surface area contributed by atoms with Crippen molar-refractivity contribution in [1.29, 1.82) is 0 Å². The third-order valence-corrected chi connectivity index (χ3v) is 5.61. The summed E-state index contributed by atoms with van der Waals surface area (Å²) in [5.41, 5.74) is 0.429. The topological polar surface area (TPSA) is 89.8 Å². The molecule has 1 aliphatic heterocycles. The van der Waals surface area contributed by atoms with Crippen molar-refractivity contribution >= 4 is 29.0 Å². The van der Waals surface area contributed by atoms with Crippen molar-refractivity contribution in [1.82, 2.24) is 14.9 Å². The number of benzene rings is 1. The molecule has 3 N–H and O–H groups in total. The van der Waals surface area contributed by atoms with Gasteiger partial charge in [0.1, 0.15) is 0 Å². The van der Waals surface area contributed by atoms with Gasteiger partial charge in [-0.1, -0.05) is 0 Å². The zero-order chi connectivity index (χ0) is 20.8. The van der Waals surface area contributed by atoms with Crippen LogP contribution in [0.2, 0.25) is 0 Å². The third-order valence-electron chi connectivity index (χ3n) is 5.29. The van der Waals surface area contributed by atoms with Gasteiger partial charge in [-0.2, -0.15) is 0 Å². The number of aromatic nitrogens is 2. The van der Waals surface area contributed by atoms with Crippen molar-refractivity contribution < 1.29 is 19.2 Å². The lowest BCUT2D eigenvalue weighted by Gasteiger charge is -2.15. The van der Waals surface area contributed by atoms with Crippen molar-refractivity contribution in [2.45, 2.75) is 39.7 Å². The average Bonchev–Trinajstić information content (AvgIpc) is 3.16. The average molecular weight is 422 g/mol. The molecular weight excluding hydrogens is 392 g/mol. The van der Waals surface area contributed by atoms with Gasteiger partial charge < -0.3 is 24.7 Å². The molecule has 8 nitrogen and oxygen atoms in total. The van der Waals surface area contributed by atoms with Gasteiger partial charge in [-0.25, -0.2) is 0 Å². The van der Waals surface area contributed by atoms with E-state index in [0.29, 0.717) is 53.1 Å². The van der Waals surface area contributed by atoms with Gasteiger partial charge >= 0.3 is 0 Å². The lowest BCUT2D eigenvalue weighted by atomic mass is 10.2. The third kappa shape index (κ3) is 5.16. The summed E-state index contributed by atoms with van der Waals surface area (Å²) in [5, 5.41) is 3.45. The lowest BCUT2D eigenvalue weighted by Crippen LogP contribution is -3.11. The van der Waals surface area contributed by atoms with Gasteiger partial charge in [-0.3, -0.25) is 14.2 Å². The van der Waals surface area contributed by atoms with Crippen molar-refractivity contribution in [3.63, 3.8) is 0 Å². The van der Waals surface area contributed by atoms with Crippen LogP contribution in [0.1, 0.15) is 33.1 Å². The summed E-state index contributed by atoms with van der Waals surface area (Å²) in [6.45, 7) is 8.83. The summed E-state index contributed by atoms with van der Waals surface area (Å²) in [6.07, 6.45) is 1.87. The van der Waals surface area contributed by atoms with E-state index in [4.69, 9.17) is 21.7 Å². The normalized spacial score (nSPS) is 12.7. The SMILES string of the molecule is CC[NH+](CC)CCCNC(=O)CCCn1c(=S)[nH]c2cc3c(cc2c1=O)OCO3. The Morgan fingerprint density at radius 2 is 1.97 bits per heavy atom. The number of aromatic amines is 1. The second-order valence-electron chi connectivity index (χ2n) is 7.15. The van der Waals surface area contributed by atoms with E-state index in [1.165, 1.54) is 9.47 Å². The molecule has 0 spiro atoms. The van der Waals surface area contributed by atoms with Crippen LogP contribution < -0.4 is 25.2 Å². The first-order chi connectivity index (χ1) is 14.0. The van der Waals surface area contributed by atoms with Crippen molar-refractivity contribution in [3.8, 4) is 11.5 Å². The molecule has 0 radical (unpaired) electrons. The zero-order valence-corrected chi connectivity index (χ0v) is 17.8. The van der Waals surface area contributed by atoms with Crippen LogP contribution in [0.5, 0.6) is 11.5 Å². The molecule has 2 aromatic rings. The Hall–Kier alpha value is -2.39. The fourth-order valence-electron chi connectivity index (χ4n) is 3.50. The lowest BCUT2D eigenvalue weighted by molar-refractivity contribution is -0.896. The molecule has 1 aromatic heterocycles. The molecule has 0 unspecified atom stereocenters. The van der Waals surface area contributed by atoms with Gasteiger partial charge in [0.15, 0.2) is 16.3 Å². The van der Waals surface area contributed by atoms with Gasteiger partial charge in [-0.05, 0) is 38.6 Å². The van der Waals surface area contributed by atoms with Crippen LogP contribution in [0.15, 0.2) is 16.9 Å². The van der Waals surface area contributed by atoms with Crippen LogP contribution in [0, 0.1) is 4.77 Å². The van der Waals surface area contributed by atoms with Crippen LogP contribution >= 0.6 is 12.2 Å². The molecule has 1 aromatic carbocycles. The molecule has 158 valence electrons. The highest BCUT2D eigenvalue weighted by Crippen LogP contribution is 2.34. The molecule has 0 fully saturated rings. The van der Waals surface area contributed by atoms with E-state index in [2.05, 4.69) is 24.1 Å². The first-order valence-corrected chi connectivity index (χ1v) is 10.6. The number of nitrogens with zero attached hydrogens (tertiary/aromatic N) is 1. The molecule has 2 heterocycles. The Morgan fingerprint density at radius 1 is 1.24 bits per heavy atom. The summed E-state index contributed by atoms with van der Waals surface area (Å²) in [7, 11) is 0. The van der Waals surface area contributed by atoms with Crippen LogP contribution in [0.3, 0.4) is 0 Å². The van der Waals surface area contributed by atoms with Crippen molar-refractivity contribution in [2.75, 3.05) is 33.0 Å². The predicted octanol–water partition coefficient (Wildman–Crippen LogP) is 0.999. The van der Waals surface area contributed by atoms with Gasteiger partial charge in [0.25, 0.3) is 5.56 Å². The van der Waals surface area contributed by atoms with Gasteiger partial charge in [-0.15, -0.1) is 0 Å². The highest BCUT2D eigenvalue weighted by molar-refractivity contribution is 7.71. The molecule has 29 heavy (non-hydrogen) atoms. The van der Waals surface area contributed by atoms with Gasteiger partial charge in [0.05, 0.1) is 30.5 Å². The fraction of sp³-hybridized carbons (Fsp3) is 0.550. The fourth-order valence-corrected chi connectivity index (χ4v) is 3.79. The number of carbonyl (C=O) groups is 1. The van der Waals surface area contributed by atoms with E-state index >= 15 is 0 Å². The first-order valence-electron chi connectivity index (χ1n) is 10.2. The summed E-state index contributed by atoms with van der Waals surface area (Å²) >= 11 is 5.34. The Bertz CT molecular complexity index is 981. The quantitative estimate of drug-likeness (QED) is 0.393. The van der Waals surface area contributed by atoms with Gasteiger partial charge in [0.2, 0.25) is 12.7 Å². The van der Waals surface area contributed by atoms with Crippen LogP contribution in [-0.4, -0.2) is 48.4 Å². The predicted molar refractivity (Wildman–Crippen MR) is 113 cm³/mol. The molecular formula is C20H29N4O4S+. The summed E-state index contributed by atoms with van der Waals surface area (Å²) in [5.74, 6) is 1.16. The maximum Gasteiger partial charge on any atom is 0.262 e. The maximum atomic E-state index is 12.8. The minimum absolute atomic E-state index is 0.00616. The molecule has 3 rings (SSSR count). The monoisotopic (exact) mass is 421 g/mol. The van der Waals surface area contributed by atoms with Crippen molar-refractivity contribution in [3.05, 3.63) is 27.3 Å². The largest absolute Gasteiger partial charge is 0.454 e. The summed E-state index contributed by atoms with van der Waals surface area (Å²) in [4.78, 5) is 29.5. The van der Waals surface area contributed by atoms with Crippen LogP contribution in [0.25, 0.3) is 10.9 Å². The number of amides is 1. The number of hydrogen-bond donors (Lipinski definition) is 3.